The van der Waals surface area contributed by atoms with Crippen LogP contribution in [-0.2, 0) is 9.47 Å². The summed E-state index contributed by atoms with van der Waals surface area (Å²) in [4.78, 5) is 18.6. The molecule has 0 atom stereocenters. The Bertz CT molecular complexity index is 147. The molecule has 0 rings (SSSR count). The summed E-state index contributed by atoms with van der Waals surface area (Å²) in [6, 6.07) is -0.833. The van der Waals surface area contributed by atoms with Crippen LogP contribution in [0, 0.1) is 0 Å². The van der Waals surface area contributed by atoms with E-state index in [0.29, 0.717) is 6.61 Å². The van der Waals surface area contributed by atoms with Gasteiger partial charge in [0.1, 0.15) is 0 Å². The molecule has 0 unspecified atom stereocenters. The number of carbonyl (C=O) groups excluding carboxylic acids is 2. The lowest BCUT2D eigenvalue weighted by Gasteiger charge is -1.89. The molecular weight excluding hydrogens is 202 g/mol. The summed E-state index contributed by atoms with van der Waals surface area (Å²) in [5.41, 5.74) is 13.0. The van der Waals surface area contributed by atoms with Crippen molar-refractivity contribution in [3.05, 3.63) is 0 Å². The summed E-state index contributed by atoms with van der Waals surface area (Å²) >= 11 is 0. The first-order valence-electron chi connectivity index (χ1n) is 4.47. The van der Waals surface area contributed by atoms with Crippen molar-refractivity contribution in [2.75, 3.05) is 19.8 Å². The molecule has 0 bridgehead atoms. The van der Waals surface area contributed by atoms with E-state index in [0.717, 1.165) is 13.2 Å². The van der Waals surface area contributed by atoms with Crippen LogP contribution in [0.2, 0.25) is 0 Å². The Morgan fingerprint density at radius 1 is 0.933 bits per heavy atom. The Kier molecular flexibility index (Phi) is 23.4. The molecule has 0 aliphatic rings. The van der Waals surface area contributed by atoms with Crippen molar-refractivity contribution in [1.82, 2.24) is 0 Å². The Balaban J connectivity index is -0.000000147. The van der Waals surface area contributed by atoms with E-state index in [1.54, 1.807) is 6.92 Å². The number of ether oxygens (including phenoxy) is 2. The largest absolute Gasteiger partial charge is 0.450 e. The van der Waals surface area contributed by atoms with Gasteiger partial charge in [-0.05, 0) is 20.8 Å². The van der Waals surface area contributed by atoms with Gasteiger partial charge in [0.05, 0.1) is 6.61 Å². The molecule has 0 spiro atoms. The summed E-state index contributed by atoms with van der Waals surface area (Å²) in [5, 5.41) is 0. The van der Waals surface area contributed by atoms with Crippen LogP contribution < -0.4 is 17.2 Å². The fourth-order valence-electron chi connectivity index (χ4n) is 0.346. The first-order chi connectivity index (χ1) is 6.92. The van der Waals surface area contributed by atoms with Crippen molar-refractivity contribution in [1.29, 1.82) is 0 Å². The SMILES string of the molecule is CCOC(N)=O.CCOCC.NC(N)=O. The van der Waals surface area contributed by atoms with Crippen LogP contribution in [0.25, 0.3) is 0 Å². The van der Waals surface area contributed by atoms with Gasteiger partial charge in [-0.15, -0.1) is 0 Å². The molecule has 0 heterocycles. The fraction of sp³-hybridized carbons (Fsp3) is 0.750. The third-order valence-corrected chi connectivity index (χ3v) is 0.695. The molecule has 92 valence electrons. The van der Waals surface area contributed by atoms with Crippen molar-refractivity contribution in [3.8, 4) is 0 Å². The maximum atomic E-state index is 9.60. The highest BCUT2D eigenvalue weighted by molar-refractivity contribution is 5.69. The van der Waals surface area contributed by atoms with Gasteiger partial charge in [0.2, 0.25) is 0 Å². The number of hydrogen-bond donors (Lipinski definition) is 3. The predicted molar refractivity (Wildman–Crippen MR) is 57.1 cm³/mol. The van der Waals surface area contributed by atoms with E-state index in [2.05, 4.69) is 21.9 Å². The quantitative estimate of drug-likeness (QED) is 0.629. The zero-order valence-electron chi connectivity index (χ0n) is 9.49. The Morgan fingerprint density at radius 3 is 1.27 bits per heavy atom. The number of primary amides is 3. The summed E-state index contributed by atoms with van der Waals surface area (Å²) in [7, 11) is 0. The molecule has 0 aliphatic carbocycles. The minimum atomic E-state index is -0.833. The lowest BCUT2D eigenvalue weighted by Crippen LogP contribution is -2.18. The predicted octanol–water partition coefficient (Wildman–Crippen LogP) is 0.168. The third kappa shape index (κ3) is 112. The van der Waals surface area contributed by atoms with Gasteiger partial charge < -0.3 is 26.7 Å². The number of urea groups is 1. The van der Waals surface area contributed by atoms with Gasteiger partial charge in [0, 0.05) is 13.2 Å². The second kappa shape index (κ2) is 18.3. The molecular formula is C8H21N3O4. The Hall–Kier alpha value is -1.50. The molecule has 0 radical (unpaired) electrons. The van der Waals surface area contributed by atoms with Crippen LogP contribution in [0.1, 0.15) is 20.8 Å². The normalized spacial score (nSPS) is 7.40. The van der Waals surface area contributed by atoms with Gasteiger partial charge in [-0.25, -0.2) is 9.59 Å². The van der Waals surface area contributed by atoms with E-state index in [1.807, 2.05) is 13.8 Å². The number of hydrogen-bond acceptors (Lipinski definition) is 4. The van der Waals surface area contributed by atoms with Gasteiger partial charge >= 0.3 is 12.1 Å². The molecule has 0 aromatic carbocycles. The highest BCUT2D eigenvalue weighted by Gasteiger charge is 1.82. The lowest BCUT2D eigenvalue weighted by molar-refractivity contribution is 0.162. The molecule has 0 aromatic rings. The Labute approximate surface area is 89.9 Å². The first kappa shape index (κ1) is 19.1. The fourth-order valence-corrected chi connectivity index (χ4v) is 0.346. The van der Waals surface area contributed by atoms with Crippen molar-refractivity contribution >= 4 is 12.1 Å². The molecule has 0 fully saturated rings. The van der Waals surface area contributed by atoms with E-state index >= 15 is 0 Å². The van der Waals surface area contributed by atoms with Crippen LogP contribution in [0.3, 0.4) is 0 Å². The summed E-state index contributed by atoms with van der Waals surface area (Å²) in [5.74, 6) is 0. The van der Waals surface area contributed by atoms with Crippen molar-refractivity contribution < 1.29 is 19.1 Å². The lowest BCUT2D eigenvalue weighted by atomic mass is 10.8. The molecule has 0 saturated heterocycles. The zero-order valence-corrected chi connectivity index (χ0v) is 9.49. The Morgan fingerprint density at radius 2 is 1.27 bits per heavy atom. The number of rotatable bonds is 3. The van der Waals surface area contributed by atoms with Crippen LogP contribution in [-0.4, -0.2) is 31.9 Å². The number of amides is 3. The van der Waals surface area contributed by atoms with Crippen molar-refractivity contribution in [3.63, 3.8) is 0 Å². The highest BCUT2D eigenvalue weighted by atomic mass is 16.5. The molecule has 6 N–H and O–H groups in total. The number of carbonyl (C=O) groups is 2. The second-order valence-electron chi connectivity index (χ2n) is 1.94. The smallest absolute Gasteiger partial charge is 0.404 e. The summed E-state index contributed by atoms with van der Waals surface area (Å²) in [6.07, 6.45) is -0.711. The van der Waals surface area contributed by atoms with Crippen molar-refractivity contribution in [2.45, 2.75) is 20.8 Å². The van der Waals surface area contributed by atoms with Crippen LogP contribution in [0.4, 0.5) is 9.59 Å². The zero-order chi connectivity index (χ0) is 12.7. The summed E-state index contributed by atoms with van der Waals surface area (Å²) < 4.78 is 9.01. The third-order valence-electron chi connectivity index (χ3n) is 0.695. The topological polar surface area (TPSA) is 131 Å². The van der Waals surface area contributed by atoms with E-state index in [-0.39, 0.29) is 0 Å². The van der Waals surface area contributed by atoms with E-state index in [1.165, 1.54) is 0 Å². The van der Waals surface area contributed by atoms with E-state index < -0.39 is 12.1 Å². The molecule has 0 aliphatic heterocycles. The van der Waals surface area contributed by atoms with Gasteiger partial charge in [-0.3, -0.25) is 0 Å². The second-order valence-corrected chi connectivity index (χ2v) is 1.94. The summed E-state index contributed by atoms with van der Waals surface area (Å²) in [6.45, 7) is 7.72. The average Bonchev–Trinajstić information content (AvgIpc) is 2.05. The molecule has 7 heteroatoms. The first-order valence-corrected chi connectivity index (χ1v) is 4.47. The molecule has 3 amide bonds. The van der Waals surface area contributed by atoms with Gasteiger partial charge in [-0.1, -0.05) is 0 Å². The minimum Gasteiger partial charge on any atom is -0.450 e. The highest BCUT2D eigenvalue weighted by Crippen LogP contribution is 1.66. The maximum Gasteiger partial charge on any atom is 0.404 e. The van der Waals surface area contributed by atoms with Gasteiger partial charge in [0.15, 0.2) is 0 Å². The van der Waals surface area contributed by atoms with Gasteiger partial charge in [-0.2, -0.15) is 0 Å². The monoisotopic (exact) mass is 223 g/mol. The van der Waals surface area contributed by atoms with Crippen LogP contribution >= 0.6 is 0 Å². The van der Waals surface area contributed by atoms with Gasteiger partial charge in [0.25, 0.3) is 0 Å². The molecule has 15 heavy (non-hydrogen) atoms. The molecule has 0 saturated carbocycles. The molecule has 7 nitrogen and oxygen atoms in total. The van der Waals surface area contributed by atoms with E-state index in [4.69, 9.17) is 9.53 Å². The minimum absolute atomic E-state index is 0.356. The van der Waals surface area contributed by atoms with E-state index in [9.17, 15) is 4.79 Å². The number of nitrogens with two attached hydrogens (primary N) is 3. The van der Waals surface area contributed by atoms with Crippen LogP contribution in [0.15, 0.2) is 0 Å². The maximum absolute atomic E-state index is 9.60. The average molecular weight is 223 g/mol. The van der Waals surface area contributed by atoms with Crippen molar-refractivity contribution in [2.24, 2.45) is 17.2 Å². The standard InChI is InChI=1S/C4H10O.C3H7NO2.CH4N2O/c1-3-5-4-2;1-2-6-3(4)5;2-1(3)4/h3-4H2,1-2H3;2H2,1H3,(H2,4,5);(H4,2,3,4). The molecule has 0 aromatic heterocycles. The van der Waals surface area contributed by atoms with Crippen LogP contribution in [0.5, 0.6) is 0 Å².